The van der Waals surface area contributed by atoms with Crippen molar-refractivity contribution in [2.75, 3.05) is 36.8 Å². The van der Waals surface area contributed by atoms with E-state index >= 15 is 4.39 Å². The van der Waals surface area contributed by atoms with Gasteiger partial charge in [0.15, 0.2) is 0 Å². The maximum atomic E-state index is 15.3. The Balaban J connectivity index is 1.56. The number of benzene rings is 2. The number of alkyl halides is 3. The maximum Gasteiger partial charge on any atom is 0.416 e. The van der Waals surface area contributed by atoms with Gasteiger partial charge in [-0.2, -0.15) is 13.2 Å². The van der Waals surface area contributed by atoms with Gasteiger partial charge < -0.3 is 9.80 Å². The molecule has 1 saturated heterocycles. The fourth-order valence-corrected chi connectivity index (χ4v) is 6.48. The minimum absolute atomic E-state index is 0.0282. The molecule has 1 aromatic heterocycles. The third kappa shape index (κ3) is 6.50. The number of rotatable bonds is 8. The van der Waals surface area contributed by atoms with Crippen LogP contribution in [0.3, 0.4) is 0 Å². The SMILES string of the molecule is Cc1cc(N2CCC[C@@](CCc3cccc(C(F)(F)F)c3)(N(C)C)C2)cc(F)c1S(=O)(=O)Nc1ccncn1. The Morgan fingerprint density at radius 2 is 1.92 bits per heavy atom. The predicted octanol–water partition coefficient (Wildman–Crippen LogP) is 5.28. The number of nitrogens with zero attached hydrogens (tertiary/aromatic N) is 4. The van der Waals surface area contributed by atoms with Crippen molar-refractivity contribution < 1.29 is 26.0 Å². The highest BCUT2D eigenvalue weighted by Gasteiger charge is 2.38. The normalized spacial score (nSPS) is 18.4. The van der Waals surface area contributed by atoms with Gasteiger partial charge in [-0.05, 0) is 82.1 Å². The van der Waals surface area contributed by atoms with Crippen LogP contribution >= 0.6 is 0 Å². The van der Waals surface area contributed by atoms with Gasteiger partial charge in [-0.25, -0.2) is 22.8 Å². The smallest absolute Gasteiger partial charge is 0.370 e. The van der Waals surface area contributed by atoms with Crippen LogP contribution in [0, 0.1) is 12.7 Å². The second-order valence-electron chi connectivity index (χ2n) is 10.1. The number of piperidine rings is 1. The van der Waals surface area contributed by atoms with Gasteiger partial charge in [0.25, 0.3) is 10.0 Å². The maximum absolute atomic E-state index is 15.3. The van der Waals surface area contributed by atoms with Gasteiger partial charge in [-0.15, -0.1) is 0 Å². The number of halogens is 4. The van der Waals surface area contributed by atoms with E-state index in [0.717, 1.165) is 18.9 Å². The topological polar surface area (TPSA) is 78.4 Å². The van der Waals surface area contributed by atoms with E-state index in [4.69, 9.17) is 0 Å². The number of hydrogen-bond donors (Lipinski definition) is 1. The van der Waals surface area contributed by atoms with Gasteiger partial charge in [0.2, 0.25) is 0 Å². The van der Waals surface area contributed by atoms with Crippen molar-refractivity contribution >= 4 is 21.5 Å². The van der Waals surface area contributed by atoms with Crippen LogP contribution < -0.4 is 9.62 Å². The van der Waals surface area contributed by atoms with Gasteiger partial charge >= 0.3 is 6.18 Å². The first kappa shape index (κ1) is 28.8. The zero-order chi connectivity index (χ0) is 28.4. The number of aryl methyl sites for hydroxylation is 2. The van der Waals surface area contributed by atoms with Crippen LogP contribution in [0.5, 0.6) is 0 Å². The number of hydrogen-bond acceptors (Lipinski definition) is 6. The highest BCUT2D eigenvalue weighted by atomic mass is 32.2. The third-order valence-electron chi connectivity index (χ3n) is 7.31. The average molecular weight is 566 g/mol. The lowest BCUT2D eigenvalue weighted by molar-refractivity contribution is -0.137. The van der Waals surface area contributed by atoms with E-state index in [9.17, 15) is 21.6 Å². The first-order valence-electron chi connectivity index (χ1n) is 12.5. The summed E-state index contributed by atoms with van der Waals surface area (Å²) in [6.45, 7) is 2.70. The van der Waals surface area contributed by atoms with Crippen molar-refractivity contribution in [2.45, 2.75) is 49.2 Å². The highest BCUT2D eigenvalue weighted by molar-refractivity contribution is 7.92. The number of nitrogens with one attached hydrogen (secondary N) is 1. The van der Waals surface area contributed by atoms with E-state index in [2.05, 4.69) is 19.6 Å². The molecule has 0 radical (unpaired) electrons. The zero-order valence-corrected chi connectivity index (χ0v) is 22.8. The molecule has 0 bridgehead atoms. The van der Waals surface area contributed by atoms with Gasteiger partial charge in [0.05, 0.1) is 5.56 Å². The summed E-state index contributed by atoms with van der Waals surface area (Å²) >= 11 is 0. The summed E-state index contributed by atoms with van der Waals surface area (Å²) in [5.74, 6) is -0.850. The van der Waals surface area contributed by atoms with Crippen LogP contribution in [0.2, 0.25) is 0 Å². The molecule has 0 unspecified atom stereocenters. The van der Waals surface area contributed by atoms with Crippen LogP contribution in [0.4, 0.5) is 29.1 Å². The number of sulfonamides is 1. The summed E-state index contributed by atoms with van der Waals surface area (Å²) in [6, 6.07) is 9.62. The van der Waals surface area contributed by atoms with Crippen LogP contribution in [0.15, 0.2) is 59.9 Å². The highest BCUT2D eigenvalue weighted by Crippen LogP contribution is 2.36. The second-order valence-corrected chi connectivity index (χ2v) is 11.7. The van der Waals surface area contributed by atoms with Crippen molar-refractivity contribution in [3.8, 4) is 0 Å². The summed E-state index contributed by atoms with van der Waals surface area (Å²) in [7, 11) is -0.353. The number of aromatic nitrogens is 2. The fourth-order valence-electron chi connectivity index (χ4n) is 5.18. The Bertz CT molecular complexity index is 1390. The second kappa shape index (κ2) is 11.1. The molecule has 1 fully saturated rings. The quantitative estimate of drug-likeness (QED) is 0.375. The van der Waals surface area contributed by atoms with E-state index < -0.39 is 32.5 Å². The number of likely N-dealkylation sites (N-methyl/N-ethyl adjacent to an activating group) is 1. The predicted molar refractivity (Wildman–Crippen MR) is 142 cm³/mol. The molecule has 39 heavy (non-hydrogen) atoms. The summed E-state index contributed by atoms with van der Waals surface area (Å²) in [5, 5.41) is 0. The summed E-state index contributed by atoms with van der Waals surface area (Å²) in [4.78, 5) is 11.2. The minimum Gasteiger partial charge on any atom is -0.370 e. The lowest BCUT2D eigenvalue weighted by Gasteiger charge is -2.48. The molecular weight excluding hydrogens is 534 g/mol. The Kier molecular flexibility index (Phi) is 8.17. The van der Waals surface area contributed by atoms with Crippen molar-refractivity contribution in [3.63, 3.8) is 0 Å². The molecule has 7 nitrogen and oxygen atoms in total. The summed E-state index contributed by atoms with van der Waals surface area (Å²) in [6.07, 6.45) is 0.831. The average Bonchev–Trinajstić information content (AvgIpc) is 2.87. The van der Waals surface area contributed by atoms with E-state index in [1.165, 1.54) is 43.7 Å². The van der Waals surface area contributed by atoms with E-state index in [-0.39, 0.29) is 16.9 Å². The van der Waals surface area contributed by atoms with Crippen molar-refractivity contribution in [1.29, 1.82) is 0 Å². The molecule has 0 spiro atoms. The van der Waals surface area contributed by atoms with E-state index in [1.807, 2.05) is 19.0 Å². The molecular formula is C27H31F4N5O2S. The standard InChI is InChI=1S/C27H31F4N5O2S/c1-19-14-22(16-23(28)25(19)39(37,38)34-24-9-12-32-18-33-24)36-13-5-10-26(17-36,35(2)3)11-8-20-6-4-7-21(15-20)27(29,30)31/h4,6-7,9,12,14-16,18H,5,8,10-11,13,17H2,1-3H3,(H,32,33,34)/t26-/m0/s1. The van der Waals surface area contributed by atoms with Gasteiger partial charge in [0, 0.05) is 30.5 Å². The van der Waals surface area contributed by atoms with Gasteiger partial charge in [0.1, 0.15) is 22.9 Å². The minimum atomic E-state index is -4.40. The van der Waals surface area contributed by atoms with Gasteiger partial charge in [-0.1, -0.05) is 18.2 Å². The lowest BCUT2D eigenvalue weighted by atomic mass is 9.82. The first-order chi connectivity index (χ1) is 18.3. The Labute approximate surface area is 225 Å². The summed E-state index contributed by atoms with van der Waals surface area (Å²) in [5.41, 5.74) is 0.374. The molecule has 1 atom stereocenters. The molecule has 12 heteroatoms. The van der Waals surface area contributed by atoms with Gasteiger partial charge in [-0.3, -0.25) is 4.72 Å². The molecule has 210 valence electrons. The molecule has 0 amide bonds. The van der Waals surface area contributed by atoms with Crippen LogP contribution in [0.25, 0.3) is 0 Å². The molecule has 3 aromatic rings. The Morgan fingerprint density at radius 1 is 1.15 bits per heavy atom. The Morgan fingerprint density at radius 3 is 2.56 bits per heavy atom. The third-order valence-corrected chi connectivity index (χ3v) is 8.84. The van der Waals surface area contributed by atoms with Crippen LogP contribution in [-0.2, 0) is 22.6 Å². The van der Waals surface area contributed by atoms with Crippen molar-refractivity contribution in [1.82, 2.24) is 14.9 Å². The fraction of sp³-hybridized carbons (Fsp3) is 0.407. The largest absolute Gasteiger partial charge is 0.416 e. The van der Waals surface area contributed by atoms with Crippen molar-refractivity contribution in [2.24, 2.45) is 0 Å². The molecule has 2 heterocycles. The molecule has 4 rings (SSSR count). The molecule has 0 aliphatic carbocycles. The zero-order valence-electron chi connectivity index (χ0n) is 22.0. The monoisotopic (exact) mass is 565 g/mol. The Hall–Kier alpha value is -3.25. The molecule has 1 aliphatic rings. The van der Waals surface area contributed by atoms with Crippen LogP contribution in [-0.4, -0.2) is 56.0 Å². The number of anilines is 2. The van der Waals surface area contributed by atoms with Crippen molar-refractivity contribution in [3.05, 3.63) is 77.5 Å². The van der Waals surface area contributed by atoms with E-state index in [0.29, 0.717) is 37.2 Å². The van der Waals surface area contributed by atoms with E-state index in [1.54, 1.807) is 12.1 Å². The van der Waals surface area contributed by atoms with Crippen LogP contribution in [0.1, 0.15) is 36.0 Å². The molecule has 1 N–H and O–H groups in total. The lowest BCUT2D eigenvalue weighted by Crippen LogP contribution is -2.56. The molecule has 0 saturated carbocycles. The first-order valence-corrected chi connectivity index (χ1v) is 14.0. The molecule has 1 aliphatic heterocycles. The summed E-state index contributed by atoms with van der Waals surface area (Å²) < 4.78 is 83.0. The molecule has 2 aromatic carbocycles.